The molecule has 0 unspecified atom stereocenters. The predicted molar refractivity (Wildman–Crippen MR) is 79.0 cm³/mol. The van der Waals surface area contributed by atoms with Gasteiger partial charge >= 0.3 is 0 Å². The number of halogens is 1. The van der Waals surface area contributed by atoms with Crippen LogP contribution in [0.5, 0.6) is 11.5 Å². The SMILES string of the molecule is COc1cc(Nc2cc(C)nc(N)n2)c(OC)cc1Cl. The predicted octanol–water partition coefficient (Wildman–Crippen LogP) is 2.78. The van der Waals surface area contributed by atoms with E-state index in [-0.39, 0.29) is 5.95 Å². The summed E-state index contributed by atoms with van der Waals surface area (Å²) in [5, 5.41) is 3.58. The van der Waals surface area contributed by atoms with Crippen molar-refractivity contribution in [2.24, 2.45) is 0 Å². The van der Waals surface area contributed by atoms with Gasteiger partial charge in [0.25, 0.3) is 0 Å². The topological polar surface area (TPSA) is 82.3 Å². The minimum atomic E-state index is 0.201. The number of methoxy groups -OCH3 is 2. The van der Waals surface area contributed by atoms with Crippen LogP contribution in [0.3, 0.4) is 0 Å². The monoisotopic (exact) mass is 294 g/mol. The van der Waals surface area contributed by atoms with E-state index >= 15 is 0 Å². The summed E-state index contributed by atoms with van der Waals surface area (Å²) in [6.07, 6.45) is 0. The molecule has 1 heterocycles. The maximum absolute atomic E-state index is 6.06. The molecule has 0 radical (unpaired) electrons. The summed E-state index contributed by atoms with van der Waals surface area (Å²) in [6, 6.07) is 5.17. The second-order valence-electron chi connectivity index (χ2n) is 4.06. The number of rotatable bonds is 4. The van der Waals surface area contributed by atoms with Crippen molar-refractivity contribution in [3.63, 3.8) is 0 Å². The van der Waals surface area contributed by atoms with Gasteiger partial charge in [0.1, 0.15) is 17.3 Å². The van der Waals surface area contributed by atoms with Crippen molar-refractivity contribution in [2.75, 3.05) is 25.3 Å². The first kappa shape index (κ1) is 14.2. The fourth-order valence-electron chi connectivity index (χ4n) is 1.75. The lowest BCUT2D eigenvalue weighted by molar-refractivity contribution is 0.405. The molecule has 20 heavy (non-hydrogen) atoms. The van der Waals surface area contributed by atoms with Gasteiger partial charge in [0.05, 0.1) is 24.9 Å². The smallest absolute Gasteiger partial charge is 0.222 e. The lowest BCUT2D eigenvalue weighted by atomic mass is 10.2. The Labute approximate surface area is 121 Å². The molecule has 0 aliphatic carbocycles. The Balaban J connectivity index is 2.41. The average Bonchev–Trinajstić information content (AvgIpc) is 2.39. The summed E-state index contributed by atoms with van der Waals surface area (Å²) in [7, 11) is 3.10. The summed E-state index contributed by atoms with van der Waals surface area (Å²) in [5.74, 6) is 1.88. The first-order valence-electron chi connectivity index (χ1n) is 5.83. The Kier molecular flexibility index (Phi) is 4.14. The molecule has 1 aromatic carbocycles. The molecule has 0 saturated carbocycles. The van der Waals surface area contributed by atoms with Crippen molar-refractivity contribution in [1.29, 1.82) is 0 Å². The molecule has 0 saturated heterocycles. The molecule has 3 N–H and O–H groups in total. The van der Waals surface area contributed by atoms with Crippen LogP contribution in [0.1, 0.15) is 5.69 Å². The fraction of sp³-hybridized carbons (Fsp3) is 0.231. The number of nitrogens with one attached hydrogen (secondary N) is 1. The summed E-state index contributed by atoms with van der Waals surface area (Å²) in [6.45, 7) is 1.84. The number of nitrogen functional groups attached to an aromatic ring is 1. The Bertz CT molecular complexity index is 614. The lowest BCUT2D eigenvalue weighted by Gasteiger charge is -2.13. The lowest BCUT2D eigenvalue weighted by Crippen LogP contribution is -2.02. The van der Waals surface area contributed by atoms with E-state index in [2.05, 4.69) is 15.3 Å². The van der Waals surface area contributed by atoms with Crippen molar-refractivity contribution >= 4 is 29.1 Å². The maximum atomic E-state index is 6.06. The Hall–Kier alpha value is -2.21. The van der Waals surface area contributed by atoms with E-state index in [1.54, 1.807) is 32.4 Å². The second-order valence-corrected chi connectivity index (χ2v) is 4.47. The van der Waals surface area contributed by atoms with Crippen LogP contribution in [0.15, 0.2) is 18.2 Å². The molecule has 1 aromatic heterocycles. The summed E-state index contributed by atoms with van der Waals surface area (Å²) < 4.78 is 10.5. The van der Waals surface area contributed by atoms with Crippen LogP contribution in [0, 0.1) is 6.92 Å². The molecule has 7 heteroatoms. The number of ether oxygens (including phenoxy) is 2. The van der Waals surface area contributed by atoms with Crippen LogP contribution in [-0.2, 0) is 0 Å². The molecule has 0 spiro atoms. The van der Waals surface area contributed by atoms with Crippen LogP contribution in [0.4, 0.5) is 17.5 Å². The highest BCUT2D eigenvalue weighted by Gasteiger charge is 2.11. The van der Waals surface area contributed by atoms with E-state index in [0.29, 0.717) is 28.0 Å². The van der Waals surface area contributed by atoms with Crippen LogP contribution < -0.4 is 20.5 Å². The van der Waals surface area contributed by atoms with Gasteiger partial charge in [-0.2, -0.15) is 4.98 Å². The quantitative estimate of drug-likeness (QED) is 0.902. The zero-order valence-corrected chi connectivity index (χ0v) is 12.2. The van der Waals surface area contributed by atoms with Gasteiger partial charge in [-0.25, -0.2) is 4.98 Å². The summed E-state index contributed by atoms with van der Waals surface area (Å²) in [4.78, 5) is 8.12. The third-order valence-electron chi connectivity index (χ3n) is 2.61. The van der Waals surface area contributed by atoms with Crippen LogP contribution >= 0.6 is 11.6 Å². The van der Waals surface area contributed by atoms with E-state index < -0.39 is 0 Å². The molecule has 0 fully saturated rings. The van der Waals surface area contributed by atoms with Gasteiger partial charge in [-0.1, -0.05) is 11.6 Å². The molecule has 0 bridgehead atoms. The average molecular weight is 295 g/mol. The number of nitrogens with zero attached hydrogens (tertiary/aromatic N) is 2. The zero-order valence-electron chi connectivity index (χ0n) is 11.4. The van der Waals surface area contributed by atoms with E-state index in [4.69, 9.17) is 26.8 Å². The van der Waals surface area contributed by atoms with Crippen LogP contribution in [0.25, 0.3) is 0 Å². The van der Waals surface area contributed by atoms with Crippen molar-refractivity contribution in [1.82, 2.24) is 9.97 Å². The Morgan fingerprint density at radius 2 is 1.80 bits per heavy atom. The fourth-order valence-corrected chi connectivity index (χ4v) is 1.98. The highest BCUT2D eigenvalue weighted by molar-refractivity contribution is 6.32. The van der Waals surface area contributed by atoms with Crippen molar-refractivity contribution < 1.29 is 9.47 Å². The van der Waals surface area contributed by atoms with Crippen molar-refractivity contribution in [3.05, 3.63) is 28.9 Å². The van der Waals surface area contributed by atoms with Gasteiger partial charge in [0.2, 0.25) is 5.95 Å². The molecule has 0 aliphatic rings. The number of anilines is 3. The third kappa shape index (κ3) is 3.03. The highest BCUT2D eigenvalue weighted by Crippen LogP contribution is 2.37. The number of aromatic nitrogens is 2. The maximum Gasteiger partial charge on any atom is 0.222 e. The first-order valence-corrected chi connectivity index (χ1v) is 6.21. The molecule has 2 rings (SSSR count). The molecular formula is C13H15ClN4O2. The second kappa shape index (κ2) is 5.83. The molecule has 6 nitrogen and oxygen atoms in total. The van der Waals surface area contributed by atoms with E-state index in [0.717, 1.165) is 5.69 Å². The molecule has 106 valence electrons. The minimum absolute atomic E-state index is 0.201. The van der Waals surface area contributed by atoms with E-state index in [1.807, 2.05) is 6.92 Å². The van der Waals surface area contributed by atoms with E-state index in [1.165, 1.54) is 0 Å². The van der Waals surface area contributed by atoms with Gasteiger partial charge in [-0.3, -0.25) is 0 Å². The first-order chi connectivity index (χ1) is 9.53. The van der Waals surface area contributed by atoms with Gasteiger partial charge in [-0.05, 0) is 6.92 Å². The van der Waals surface area contributed by atoms with Gasteiger partial charge in [0, 0.05) is 23.9 Å². The third-order valence-corrected chi connectivity index (χ3v) is 2.90. The largest absolute Gasteiger partial charge is 0.495 e. The zero-order chi connectivity index (χ0) is 14.7. The van der Waals surface area contributed by atoms with Gasteiger partial charge in [-0.15, -0.1) is 0 Å². The molecular weight excluding hydrogens is 280 g/mol. The molecule has 0 aliphatic heterocycles. The van der Waals surface area contributed by atoms with E-state index in [9.17, 15) is 0 Å². The van der Waals surface area contributed by atoms with Crippen LogP contribution in [0.2, 0.25) is 5.02 Å². The Morgan fingerprint density at radius 1 is 1.10 bits per heavy atom. The molecule has 2 aromatic rings. The van der Waals surface area contributed by atoms with Gasteiger partial charge in [0.15, 0.2) is 0 Å². The summed E-state index contributed by atoms with van der Waals surface area (Å²) >= 11 is 6.06. The molecule has 0 amide bonds. The number of hydrogen-bond acceptors (Lipinski definition) is 6. The standard InChI is InChI=1S/C13H15ClN4O2/c1-7-4-12(18-13(15)16-7)17-9-6-10(19-2)8(14)5-11(9)20-3/h4-6H,1-3H3,(H3,15,16,17,18). The minimum Gasteiger partial charge on any atom is -0.495 e. The number of hydrogen-bond donors (Lipinski definition) is 2. The Morgan fingerprint density at radius 3 is 2.40 bits per heavy atom. The van der Waals surface area contributed by atoms with Crippen molar-refractivity contribution in [3.8, 4) is 11.5 Å². The normalized spacial score (nSPS) is 10.2. The highest BCUT2D eigenvalue weighted by atomic mass is 35.5. The molecule has 0 atom stereocenters. The number of benzene rings is 1. The van der Waals surface area contributed by atoms with Gasteiger partial charge < -0.3 is 20.5 Å². The summed E-state index contributed by atoms with van der Waals surface area (Å²) in [5.41, 5.74) is 7.06. The number of nitrogens with two attached hydrogens (primary N) is 1. The number of aryl methyl sites for hydroxylation is 1. The van der Waals surface area contributed by atoms with Crippen LogP contribution in [-0.4, -0.2) is 24.2 Å². The van der Waals surface area contributed by atoms with Crippen molar-refractivity contribution in [2.45, 2.75) is 6.92 Å².